The van der Waals surface area contributed by atoms with Gasteiger partial charge in [-0.15, -0.1) is 0 Å². The maximum absolute atomic E-state index is 11.8. The molecule has 1 aliphatic carbocycles. The maximum Gasteiger partial charge on any atom is 0.407 e. The summed E-state index contributed by atoms with van der Waals surface area (Å²) in [5.74, 6) is 0.716. The topological polar surface area (TPSA) is 53.6 Å². The van der Waals surface area contributed by atoms with Crippen LogP contribution in [0.15, 0.2) is 0 Å². The third kappa shape index (κ3) is 6.68. The number of carbonyl (C=O) groups is 1. The van der Waals surface area contributed by atoms with Crippen molar-refractivity contribution in [2.24, 2.45) is 5.92 Å². The molecular formula is C18H35N3O2. The van der Waals surface area contributed by atoms with Crippen molar-refractivity contribution in [1.29, 1.82) is 0 Å². The molecule has 2 N–H and O–H groups in total. The molecule has 0 aromatic rings. The molecule has 5 nitrogen and oxygen atoms in total. The van der Waals surface area contributed by atoms with Crippen LogP contribution in [-0.2, 0) is 4.74 Å². The molecule has 0 spiro atoms. The molecule has 0 radical (unpaired) electrons. The zero-order valence-corrected chi connectivity index (χ0v) is 15.5. The summed E-state index contributed by atoms with van der Waals surface area (Å²) < 4.78 is 5.33. The maximum atomic E-state index is 11.8. The lowest BCUT2D eigenvalue weighted by atomic mass is 10.0. The van der Waals surface area contributed by atoms with Gasteiger partial charge < -0.3 is 20.3 Å². The Kier molecular flexibility index (Phi) is 6.32. The van der Waals surface area contributed by atoms with E-state index in [2.05, 4.69) is 29.4 Å². The standard InChI is InChI=1S/C18H35N3O2/c1-13(2)21-10-8-15(9-11-21)20-16(14-6-7-14)12-19-17(22)23-18(3,4)5/h13-16,20H,6-12H2,1-5H3,(H,19,22). The molecule has 0 aromatic carbocycles. The fourth-order valence-corrected chi connectivity index (χ4v) is 3.25. The van der Waals surface area contributed by atoms with Gasteiger partial charge in [-0.2, -0.15) is 0 Å². The van der Waals surface area contributed by atoms with Crippen molar-refractivity contribution in [3.8, 4) is 0 Å². The van der Waals surface area contributed by atoms with Gasteiger partial charge in [0.25, 0.3) is 0 Å². The molecule has 23 heavy (non-hydrogen) atoms. The third-order valence-electron chi connectivity index (χ3n) is 4.77. The molecule has 1 amide bonds. The van der Waals surface area contributed by atoms with Crippen LogP contribution in [0.4, 0.5) is 4.79 Å². The third-order valence-corrected chi connectivity index (χ3v) is 4.77. The zero-order chi connectivity index (χ0) is 17.0. The summed E-state index contributed by atoms with van der Waals surface area (Å²) >= 11 is 0. The van der Waals surface area contributed by atoms with E-state index >= 15 is 0 Å². The SMILES string of the molecule is CC(C)N1CCC(NC(CNC(=O)OC(C)(C)C)C2CC2)CC1. The Balaban J connectivity index is 1.73. The molecule has 1 atom stereocenters. The monoisotopic (exact) mass is 325 g/mol. The van der Waals surface area contributed by atoms with Gasteiger partial charge in [-0.05, 0) is 79.3 Å². The van der Waals surface area contributed by atoms with Crippen LogP contribution < -0.4 is 10.6 Å². The van der Waals surface area contributed by atoms with Gasteiger partial charge in [-0.1, -0.05) is 0 Å². The number of nitrogens with zero attached hydrogens (tertiary/aromatic N) is 1. The minimum Gasteiger partial charge on any atom is -0.444 e. The van der Waals surface area contributed by atoms with Crippen LogP contribution in [0, 0.1) is 5.92 Å². The van der Waals surface area contributed by atoms with Crippen LogP contribution >= 0.6 is 0 Å². The number of likely N-dealkylation sites (tertiary alicyclic amines) is 1. The van der Waals surface area contributed by atoms with Crippen molar-refractivity contribution in [1.82, 2.24) is 15.5 Å². The molecular weight excluding hydrogens is 290 g/mol. The number of amides is 1. The van der Waals surface area contributed by atoms with Crippen LogP contribution in [0.2, 0.25) is 0 Å². The summed E-state index contributed by atoms with van der Waals surface area (Å²) in [6, 6.07) is 1.61. The van der Waals surface area contributed by atoms with Crippen LogP contribution in [0.5, 0.6) is 0 Å². The minimum atomic E-state index is -0.434. The van der Waals surface area contributed by atoms with Gasteiger partial charge in [0.2, 0.25) is 0 Å². The summed E-state index contributed by atoms with van der Waals surface area (Å²) in [6.07, 6.45) is 4.65. The molecule has 0 bridgehead atoms. The quantitative estimate of drug-likeness (QED) is 0.788. The predicted octanol–water partition coefficient (Wildman–Crippen LogP) is 2.75. The van der Waals surface area contributed by atoms with Crippen LogP contribution in [0.25, 0.3) is 0 Å². The molecule has 2 fully saturated rings. The molecule has 1 saturated heterocycles. The summed E-state index contributed by atoms with van der Waals surface area (Å²) in [5.41, 5.74) is -0.434. The van der Waals surface area contributed by atoms with E-state index in [1.54, 1.807) is 0 Å². The number of nitrogens with one attached hydrogen (secondary N) is 2. The second-order valence-electron chi connectivity index (χ2n) is 8.40. The van der Waals surface area contributed by atoms with Crippen molar-refractivity contribution < 1.29 is 9.53 Å². The lowest BCUT2D eigenvalue weighted by Gasteiger charge is -2.36. The van der Waals surface area contributed by atoms with Crippen molar-refractivity contribution in [2.75, 3.05) is 19.6 Å². The highest BCUT2D eigenvalue weighted by Gasteiger charge is 2.34. The van der Waals surface area contributed by atoms with E-state index in [1.807, 2.05) is 20.8 Å². The Bertz CT molecular complexity index is 380. The molecule has 1 heterocycles. The smallest absolute Gasteiger partial charge is 0.407 e. The normalized spacial score (nSPS) is 22.2. The lowest BCUT2D eigenvalue weighted by Crippen LogP contribution is -2.51. The molecule has 1 saturated carbocycles. The van der Waals surface area contributed by atoms with Gasteiger partial charge >= 0.3 is 6.09 Å². The van der Waals surface area contributed by atoms with E-state index in [-0.39, 0.29) is 6.09 Å². The van der Waals surface area contributed by atoms with E-state index in [0.717, 1.165) is 0 Å². The van der Waals surface area contributed by atoms with E-state index in [1.165, 1.54) is 38.8 Å². The Hall–Kier alpha value is -0.810. The highest BCUT2D eigenvalue weighted by atomic mass is 16.6. The van der Waals surface area contributed by atoms with Gasteiger partial charge in [0, 0.05) is 24.7 Å². The van der Waals surface area contributed by atoms with E-state index in [0.29, 0.717) is 30.6 Å². The number of alkyl carbamates (subject to hydrolysis) is 1. The van der Waals surface area contributed by atoms with Crippen molar-refractivity contribution in [3.05, 3.63) is 0 Å². The van der Waals surface area contributed by atoms with Crippen molar-refractivity contribution >= 4 is 6.09 Å². The molecule has 5 heteroatoms. The van der Waals surface area contributed by atoms with Gasteiger partial charge in [0.1, 0.15) is 5.60 Å². The summed E-state index contributed by atoms with van der Waals surface area (Å²) in [6.45, 7) is 13.2. The van der Waals surface area contributed by atoms with Crippen molar-refractivity contribution in [2.45, 2.75) is 84.0 Å². The van der Waals surface area contributed by atoms with E-state index in [4.69, 9.17) is 4.74 Å². The largest absolute Gasteiger partial charge is 0.444 e. The fourth-order valence-electron chi connectivity index (χ4n) is 3.25. The second-order valence-corrected chi connectivity index (χ2v) is 8.40. The molecule has 2 aliphatic rings. The Morgan fingerprint density at radius 1 is 1.17 bits per heavy atom. The first-order chi connectivity index (χ1) is 10.7. The number of rotatable bonds is 6. The van der Waals surface area contributed by atoms with Gasteiger partial charge in [0.05, 0.1) is 0 Å². The number of hydrogen-bond acceptors (Lipinski definition) is 4. The predicted molar refractivity (Wildman–Crippen MR) is 93.6 cm³/mol. The molecule has 0 aromatic heterocycles. The van der Waals surface area contributed by atoms with Crippen LogP contribution in [-0.4, -0.2) is 54.4 Å². The number of ether oxygens (including phenoxy) is 1. The average molecular weight is 325 g/mol. The number of carbonyl (C=O) groups excluding carboxylic acids is 1. The number of piperidine rings is 1. The Morgan fingerprint density at radius 3 is 2.26 bits per heavy atom. The second kappa shape index (κ2) is 7.84. The Labute approximate surface area is 141 Å². The summed E-state index contributed by atoms with van der Waals surface area (Å²) in [7, 11) is 0. The molecule has 1 unspecified atom stereocenters. The van der Waals surface area contributed by atoms with Crippen molar-refractivity contribution in [3.63, 3.8) is 0 Å². The van der Waals surface area contributed by atoms with Crippen LogP contribution in [0.3, 0.4) is 0 Å². The van der Waals surface area contributed by atoms with Gasteiger partial charge in [-0.3, -0.25) is 0 Å². The first kappa shape index (κ1) is 18.5. The zero-order valence-electron chi connectivity index (χ0n) is 15.5. The highest BCUT2D eigenvalue weighted by Crippen LogP contribution is 2.33. The first-order valence-electron chi connectivity index (χ1n) is 9.21. The van der Waals surface area contributed by atoms with E-state index in [9.17, 15) is 4.79 Å². The van der Waals surface area contributed by atoms with E-state index < -0.39 is 5.60 Å². The molecule has 1 aliphatic heterocycles. The average Bonchev–Trinajstić information content (AvgIpc) is 3.26. The molecule has 2 rings (SSSR count). The fraction of sp³-hybridized carbons (Fsp3) is 0.944. The summed E-state index contributed by atoms with van der Waals surface area (Å²) in [5, 5.41) is 6.74. The molecule has 134 valence electrons. The van der Waals surface area contributed by atoms with Gasteiger partial charge in [0.15, 0.2) is 0 Å². The van der Waals surface area contributed by atoms with Crippen LogP contribution in [0.1, 0.15) is 60.3 Å². The minimum absolute atomic E-state index is 0.306. The summed E-state index contributed by atoms with van der Waals surface area (Å²) in [4.78, 5) is 14.4. The number of hydrogen-bond donors (Lipinski definition) is 2. The lowest BCUT2D eigenvalue weighted by molar-refractivity contribution is 0.0518. The Morgan fingerprint density at radius 2 is 1.78 bits per heavy atom. The first-order valence-corrected chi connectivity index (χ1v) is 9.21. The highest BCUT2D eigenvalue weighted by molar-refractivity contribution is 5.67. The van der Waals surface area contributed by atoms with Gasteiger partial charge in [-0.25, -0.2) is 4.79 Å².